The van der Waals surface area contributed by atoms with Crippen molar-refractivity contribution in [1.82, 2.24) is 20.8 Å². The fourth-order valence-corrected chi connectivity index (χ4v) is 3.51. The second-order valence-electron chi connectivity index (χ2n) is 7.33. The van der Waals surface area contributed by atoms with Crippen molar-refractivity contribution in [2.45, 2.75) is 38.3 Å². The van der Waals surface area contributed by atoms with Crippen molar-refractivity contribution in [3.8, 4) is 11.3 Å². The molecule has 0 bridgehead atoms. The van der Waals surface area contributed by atoms with E-state index in [2.05, 4.69) is 45.0 Å². The van der Waals surface area contributed by atoms with Gasteiger partial charge in [0.15, 0.2) is 5.76 Å². The average Bonchev–Trinajstić information content (AvgIpc) is 3.09. The van der Waals surface area contributed by atoms with E-state index < -0.39 is 0 Å². The van der Waals surface area contributed by atoms with Crippen LogP contribution >= 0.6 is 0 Å². The molecule has 29 heavy (non-hydrogen) atoms. The topological polar surface area (TPSA) is 106 Å². The number of hydrogen-bond acceptors (Lipinski definition) is 6. The number of amides is 1. The third-order valence-corrected chi connectivity index (χ3v) is 5.16. The third-order valence-electron chi connectivity index (χ3n) is 5.16. The Bertz CT molecular complexity index is 967. The fraction of sp³-hybridized carbons (Fsp3) is 0.318. The van der Waals surface area contributed by atoms with Gasteiger partial charge in [-0.3, -0.25) is 4.79 Å². The van der Waals surface area contributed by atoms with Crippen LogP contribution in [0.1, 0.15) is 36.1 Å². The zero-order valence-corrected chi connectivity index (χ0v) is 16.2. The largest absolute Gasteiger partial charge is 0.383 e. The first-order valence-corrected chi connectivity index (χ1v) is 9.94. The van der Waals surface area contributed by atoms with E-state index in [-0.39, 0.29) is 11.9 Å². The van der Waals surface area contributed by atoms with E-state index in [0.717, 1.165) is 48.2 Å². The number of hydrogen-bond donors (Lipinski definition) is 3. The summed E-state index contributed by atoms with van der Waals surface area (Å²) in [6.45, 7) is 1.45. The lowest BCUT2D eigenvalue weighted by Crippen LogP contribution is -2.42. The Kier molecular flexibility index (Phi) is 5.86. The molecule has 1 amide bonds. The predicted octanol–water partition coefficient (Wildman–Crippen LogP) is 2.67. The summed E-state index contributed by atoms with van der Waals surface area (Å²) in [5, 5.41) is 10.5. The zero-order chi connectivity index (χ0) is 20.1. The lowest BCUT2D eigenvalue weighted by atomic mass is 10.1. The molecule has 7 nitrogen and oxygen atoms in total. The fourth-order valence-electron chi connectivity index (χ4n) is 3.51. The molecule has 0 aliphatic carbocycles. The van der Waals surface area contributed by atoms with Crippen LogP contribution in [0.15, 0.2) is 53.2 Å². The van der Waals surface area contributed by atoms with E-state index in [1.165, 1.54) is 0 Å². The Morgan fingerprint density at radius 1 is 1.17 bits per heavy atom. The third kappa shape index (κ3) is 4.81. The lowest BCUT2D eigenvalue weighted by molar-refractivity contribution is -0.122. The minimum Gasteiger partial charge on any atom is -0.383 e. The number of pyridine rings is 1. The van der Waals surface area contributed by atoms with Gasteiger partial charge in [0.05, 0.1) is 17.3 Å². The van der Waals surface area contributed by atoms with E-state index in [0.29, 0.717) is 24.5 Å². The van der Waals surface area contributed by atoms with Gasteiger partial charge < -0.3 is 20.9 Å². The summed E-state index contributed by atoms with van der Waals surface area (Å²) in [6.07, 6.45) is 5.33. The highest BCUT2D eigenvalue weighted by Crippen LogP contribution is 2.25. The number of anilines is 1. The van der Waals surface area contributed by atoms with Crippen molar-refractivity contribution in [1.29, 1.82) is 0 Å². The lowest BCUT2D eigenvalue weighted by Gasteiger charge is -2.15. The Morgan fingerprint density at radius 2 is 2.00 bits per heavy atom. The molecule has 1 saturated heterocycles. The summed E-state index contributed by atoms with van der Waals surface area (Å²) in [5.74, 6) is 1.15. The number of rotatable bonds is 6. The highest BCUT2D eigenvalue weighted by atomic mass is 16.5. The maximum atomic E-state index is 12.0. The molecule has 0 radical (unpaired) electrons. The molecule has 3 aromatic rings. The molecule has 1 aromatic carbocycles. The summed E-state index contributed by atoms with van der Waals surface area (Å²) in [5.41, 5.74) is 9.77. The summed E-state index contributed by atoms with van der Waals surface area (Å²) < 4.78 is 5.44. The number of carbonyl (C=O) groups is 1. The molecule has 2 aromatic heterocycles. The van der Waals surface area contributed by atoms with Crippen molar-refractivity contribution in [2.24, 2.45) is 0 Å². The quantitative estimate of drug-likeness (QED) is 0.596. The predicted molar refractivity (Wildman–Crippen MR) is 111 cm³/mol. The van der Waals surface area contributed by atoms with Crippen LogP contribution in [0.2, 0.25) is 0 Å². The van der Waals surface area contributed by atoms with Crippen LogP contribution in [0.5, 0.6) is 0 Å². The number of nitrogen functional groups attached to an aromatic ring is 1. The molecule has 7 heteroatoms. The molecule has 1 unspecified atom stereocenters. The minimum atomic E-state index is -0.106. The van der Waals surface area contributed by atoms with Gasteiger partial charge in [-0.2, -0.15) is 0 Å². The number of aromatic nitrogens is 2. The SMILES string of the molecule is Nc1ncccc1-c1cc(Cc2ccc(CNC3CCCCNC3=O)cc2)no1. The van der Waals surface area contributed by atoms with Crippen molar-refractivity contribution >= 4 is 11.7 Å². The highest BCUT2D eigenvalue weighted by molar-refractivity contribution is 5.81. The van der Waals surface area contributed by atoms with E-state index in [1.807, 2.05) is 18.2 Å². The number of nitrogens with zero attached hydrogens (tertiary/aromatic N) is 2. The smallest absolute Gasteiger partial charge is 0.237 e. The first-order valence-electron chi connectivity index (χ1n) is 9.94. The molecule has 150 valence electrons. The molecule has 1 atom stereocenters. The zero-order valence-electron chi connectivity index (χ0n) is 16.2. The van der Waals surface area contributed by atoms with Gasteiger partial charge in [-0.15, -0.1) is 0 Å². The van der Waals surface area contributed by atoms with Gasteiger partial charge in [0.25, 0.3) is 0 Å². The highest BCUT2D eigenvalue weighted by Gasteiger charge is 2.19. The molecule has 4 rings (SSSR count). The normalized spacial score (nSPS) is 17.0. The van der Waals surface area contributed by atoms with E-state index in [9.17, 15) is 4.79 Å². The standard InChI is InChI=1S/C22H25N5O2/c23-21-18(4-3-11-24-21)20-13-17(27-29-20)12-15-6-8-16(9-7-15)14-26-19-5-1-2-10-25-22(19)28/h3-4,6-9,11,13,19,26H,1-2,5,10,12,14H2,(H2,23,24)(H,25,28). The van der Waals surface area contributed by atoms with Crippen molar-refractivity contribution in [3.05, 3.63) is 65.5 Å². The van der Waals surface area contributed by atoms with Crippen LogP contribution in [0.4, 0.5) is 5.82 Å². The summed E-state index contributed by atoms with van der Waals surface area (Å²) in [4.78, 5) is 16.1. The van der Waals surface area contributed by atoms with Crippen molar-refractivity contribution in [2.75, 3.05) is 12.3 Å². The summed E-state index contributed by atoms with van der Waals surface area (Å²) in [7, 11) is 0. The van der Waals surface area contributed by atoms with E-state index in [1.54, 1.807) is 6.20 Å². The summed E-state index contributed by atoms with van der Waals surface area (Å²) >= 11 is 0. The number of nitrogens with two attached hydrogens (primary N) is 1. The minimum absolute atomic E-state index is 0.106. The van der Waals surface area contributed by atoms with Crippen LogP contribution in [0.3, 0.4) is 0 Å². The van der Waals surface area contributed by atoms with Gasteiger partial charge in [-0.25, -0.2) is 4.98 Å². The van der Waals surface area contributed by atoms with Crippen molar-refractivity contribution < 1.29 is 9.32 Å². The Labute approximate surface area is 169 Å². The maximum Gasteiger partial charge on any atom is 0.237 e. The van der Waals surface area contributed by atoms with E-state index >= 15 is 0 Å². The monoisotopic (exact) mass is 391 g/mol. The van der Waals surface area contributed by atoms with Gasteiger partial charge >= 0.3 is 0 Å². The maximum absolute atomic E-state index is 12.0. The Balaban J connectivity index is 1.35. The Morgan fingerprint density at radius 3 is 2.83 bits per heavy atom. The van der Waals surface area contributed by atoms with Crippen LogP contribution in [-0.2, 0) is 17.8 Å². The van der Waals surface area contributed by atoms with Gasteiger partial charge in [0.1, 0.15) is 5.82 Å². The molecule has 1 aliphatic heterocycles. The van der Waals surface area contributed by atoms with Crippen LogP contribution in [-0.4, -0.2) is 28.6 Å². The number of nitrogens with one attached hydrogen (secondary N) is 2. The molecule has 4 N–H and O–H groups in total. The summed E-state index contributed by atoms with van der Waals surface area (Å²) in [6, 6.07) is 13.8. The molecule has 0 spiro atoms. The van der Waals surface area contributed by atoms with Gasteiger partial charge in [0.2, 0.25) is 5.91 Å². The molecule has 3 heterocycles. The average molecular weight is 391 g/mol. The number of carbonyl (C=O) groups excluding carboxylic acids is 1. The Hall–Kier alpha value is -3.19. The second kappa shape index (κ2) is 8.87. The molecule has 0 saturated carbocycles. The van der Waals surface area contributed by atoms with E-state index in [4.69, 9.17) is 10.3 Å². The van der Waals surface area contributed by atoms with Crippen LogP contribution in [0, 0.1) is 0 Å². The second-order valence-corrected chi connectivity index (χ2v) is 7.33. The number of benzene rings is 1. The van der Waals surface area contributed by atoms with Gasteiger partial charge in [-0.05, 0) is 42.5 Å². The van der Waals surface area contributed by atoms with Crippen molar-refractivity contribution in [3.63, 3.8) is 0 Å². The molecule has 1 fully saturated rings. The molecular weight excluding hydrogens is 366 g/mol. The first kappa shape index (κ1) is 19.1. The first-order chi connectivity index (χ1) is 14.2. The van der Waals surface area contributed by atoms with Crippen LogP contribution in [0.25, 0.3) is 11.3 Å². The molecular formula is C22H25N5O2. The van der Waals surface area contributed by atoms with Gasteiger partial charge in [-0.1, -0.05) is 29.4 Å². The van der Waals surface area contributed by atoms with Crippen LogP contribution < -0.4 is 16.4 Å². The van der Waals surface area contributed by atoms with Gasteiger partial charge in [0, 0.05) is 31.8 Å². The molecule has 1 aliphatic rings.